The summed E-state index contributed by atoms with van der Waals surface area (Å²) in [5.74, 6) is 2.45. The molecule has 2 atom stereocenters. The lowest BCUT2D eigenvalue weighted by molar-refractivity contribution is 0.439. The average molecular weight is 309 g/mol. The van der Waals surface area contributed by atoms with Crippen molar-refractivity contribution in [1.29, 1.82) is 0 Å². The first-order valence-corrected chi connectivity index (χ1v) is 7.26. The van der Waals surface area contributed by atoms with Crippen molar-refractivity contribution in [1.82, 2.24) is 14.4 Å². The second kappa shape index (κ2) is 4.88. The molecule has 0 aromatic carbocycles. The fourth-order valence-electron chi connectivity index (χ4n) is 2.77. The molecule has 1 aliphatic rings. The maximum absolute atomic E-state index is 4.48. The first-order valence-electron chi connectivity index (χ1n) is 6.47. The Labute approximate surface area is 115 Å². The van der Waals surface area contributed by atoms with Gasteiger partial charge in [0.2, 0.25) is 0 Å². The maximum atomic E-state index is 4.48. The molecule has 2 aromatic heterocycles. The van der Waals surface area contributed by atoms with Crippen LogP contribution >= 0.6 is 15.9 Å². The number of anilines is 1. The van der Waals surface area contributed by atoms with Crippen molar-refractivity contribution < 1.29 is 0 Å². The van der Waals surface area contributed by atoms with Gasteiger partial charge < -0.3 is 9.72 Å². The van der Waals surface area contributed by atoms with E-state index in [4.69, 9.17) is 0 Å². The number of fused-ring (bicyclic) bond motifs is 1. The number of rotatable bonds is 3. The van der Waals surface area contributed by atoms with Gasteiger partial charge in [-0.1, -0.05) is 19.8 Å². The highest BCUT2D eigenvalue weighted by atomic mass is 79.9. The highest BCUT2D eigenvalue weighted by molar-refractivity contribution is 9.10. The number of nitrogens with one attached hydrogen (secondary N) is 1. The third-order valence-electron chi connectivity index (χ3n) is 3.92. The van der Waals surface area contributed by atoms with Crippen molar-refractivity contribution in [2.24, 2.45) is 11.8 Å². The van der Waals surface area contributed by atoms with E-state index in [1.165, 1.54) is 19.3 Å². The number of hydrogen-bond acceptors (Lipinski definition) is 3. The van der Waals surface area contributed by atoms with Gasteiger partial charge in [0, 0.05) is 25.1 Å². The quantitative estimate of drug-likeness (QED) is 0.945. The molecule has 1 saturated carbocycles. The minimum atomic E-state index is 0.765. The molecule has 1 N–H and O–H groups in total. The Bertz CT molecular complexity index is 551. The van der Waals surface area contributed by atoms with E-state index in [-0.39, 0.29) is 0 Å². The standard InChI is InChI=1S/C13H17BrN4/c1-9-3-2-4-10(9)7-16-12-13-15-5-6-18(13)8-11(14)17-12/h5-6,8-10H,2-4,7H2,1H3,(H,16,17). The lowest BCUT2D eigenvalue weighted by atomic mass is 9.98. The minimum Gasteiger partial charge on any atom is -0.367 e. The van der Waals surface area contributed by atoms with Crippen LogP contribution in [0, 0.1) is 11.8 Å². The summed E-state index contributed by atoms with van der Waals surface area (Å²) in [5, 5.41) is 3.46. The fraction of sp³-hybridized carbons (Fsp3) is 0.538. The Morgan fingerprint density at radius 3 is 3.17 bits per heavy atom. The predicted molar refractivity (Wildman–Crippen MR) is 75.7 cm³/mol. The van der Waals surface area contributed by atoms with Gasteiger partial charge in [-0.25, -0.2) is 9.97 Å². The molecular formula is C13H17BrN4. The Morgan fingerprint density at radius 2 is 2.39 bits per heavy atom. The van der Waals surface area contributed by atoms with Gasteiger partial charge in [0.25, 0.3) is 0 Å². The summed E-state index contributed by atoms with van der Waals surface area (Å²) in [4.78, 5) is 8.82. The molecular weight excluding hydrogens is 292 g/mol. The topological polar surface area (TPSA) is 42.2 Å². The van der Waals surface area contributed by atoms with Crippen molar-refractivity contribution in [3.05, 3.63) is 23.2 Å². The summed E-state index contributed by atoms with van der Waals surface area (Å²) in [7, 11) is 0. The summed E-state index contributed by atoms with van der Waals surface area (Å²) >= 11 is 3.43. The normalized spacial score (nSPS) is 23.7. The van der Waals surface area contributed by atoms with Gasteiger partial charge in [-0.2, -0.15) is 0 Å². The lowest BCUT2D eigenvalue weighted by Crippen LogP contribution is -2.17. The van der Waals surface area contributed by atoms with E-state index in [1.807, 2.05) is 16.8 Å². The summed E-state index contributed by atoms with van der Waals surface area (Å²) in [6, 6.07) is 0. The van der Waals surface area contributed by atoms with E-state index in [2.05, 4.69) is 38.1 Å². The van der Waals surface area contributed by atoms with Crippen LogP contribution in [0.25, 0.3) is 5.65 Å². The Balaban J connectivity index is 1.79. The molecule has 0 aliphatic heterocycles. The van der Waals surface area contributed by atoms with E-state index in [0.29, 0.717) is 0 Å². The molecule has 1 aliphatic carbocycles. The summed E-state index contributed by atoms with van der Waals surface area (Å²) in [5.41, 5.74) is 0.892. The summed E-state index contributed by atoms with van der Waals surface area (Å²) in [6.45, 7) is 3.34. The second-order valence-corrected chi connectivity index (χ2v) is 5.93. The monoisotopic (exact) mass is 308 g/mol. The zero-order chi connectivity index (χ0) is 12.5. The number of hydrogen-bond donors (Lipinski definition) is 1. The first-order chi connectivity index (χ1) is 8.74. The molecule has 0 bridgehead atoms. The van der Waals surface area contributed by atoms with Gasteiger partial charge in [-0.05, 0) is 34.2 Å². The van der Waals surface area contributed by atoms with E-state index in [1.54, 1.807) is 6.20 Å². The molecule has 2 aromatic rings. The molecule has 0 spiro atoms. The van der Waals surface area contributed by atoms with Crippen molar-refractivity contribution in [3.63, 3.8) is 0 Å². The van der Waals surface area contributed by atoms with Gasteiger partial charge in [-0.15, -0.1) is 0 Å². The fourth-order valence-corrected chi connectivity index (χ4v) is 3.17. The SMILES string of the molecule is CC1CCCC1CNc1nc(Br)cn2ccnc12. The molecule has 5 heteroatoms. The second-order valence-electron chi connectivity index (χ2n) is 5.12. The van der Waals surface area contributed by atoms with Gasteiger partial charge in [0.15, 0.2) is 11.5 Å². The van der Waals surface area contributed by atoms with E-state index in [0.717, 1.165) is 34.4 Å². The number of imidazole rings is 1. The zero-order valence-corrected chi connectivity index (χ0v) is 12.0. The Morgan fingerprint density at radius 1 is 1.50 bits per heavy atom. The zero-order valence-electron chi connectivity index (χ0n) is 10.4. The average Bonchev–Trinajstić information content (AvgIpc) is 2.94. The van der Waals surface area contributed by atoms with Crippen LogP contribution < -0.4 is 5.32 Å². The van der Waals surface area contributed by atoms with Gasteiger partial charge in [0.1, 0.15) is 4.60 Å². The van der Waals surface area contributed by atoms with E-state index in [9.17, 15) is 0 Å². The largest absolute Gasteiger partial charge is 0.367 e. The van der Waals surface area contributed by atoms with Crippen LogP contribution in [0.3, 0.4) is 0 Å². The lowest BCUT2D eigenvalue weighted by Gasteiger charge is -2.16. The van der Waals surface area contributed by atoms with E-state index < -0.39 is 0 Å². The van der Waals surface area contributed by atoms with Crippen LogP contribution in [-0.2, 0) is 0 Å². The minimum absolute atomic E-state index is 0.765. The highest BCUT2D eigenvalue weighted by Gasteiger charge is 2.23. The van der Waals surface area contributed by atoms with Crippen molar-refractivity contribution >= 4 is 27.4 Å². The first kappa shape index (κ1) is 12.0. The van der Waals surface area contributed by atoms with Crippen LogP contribution in [0.4, 0.5) is 5.82 Å². The van der Waals surface area contributed by atoms with Crippen molar-refractivity contribution in [2.75, 3.05) is 11.9 Å². The molecule has 2 unspecified atom stereocenters. The third-order valence-corrected chi connectivity index (χ3v) is 4.30. The van der Waals surface area contributed by atoms with Crippen molar-refractivity contribution in [3.8, 4) is 0 Å². The molecule has 3 rings (SSSR count). The van der Waals surface area contributed by atoms with Crippen LogP contribution in [0.15, 0.2) is 23.2 Å². The number of halogens is 1. The highest BCUT2D eigenvalue weighted by Crippen LogP contribution is 2.31. The summed E-state index contributed by atoms with van der Waals surface area (Å²) < 4.78 is 2.81. The molecule has 4 nitrogen and oxygen atoms in total. The predicted octanol–water partition coefficient (Wildman–Crippen LogP) is 3.34. The molecule has 1 fully saturated rings. The smallest absolute Gasteiger partial charge is 0.180 e. The van der Waals surface area contributed by atoms with Crippen molar-refractivity contribution in [2.45, 2.75) is 26.2 Å². The van der Waals surface area contributed by atoms with Gasteiger partial charge in [-0.3, -0.25) is 0 Å². The van der Waals surface area contributed by atoms with E-state index >= 15 is 0 Å². The molecule has 0 amide bonds. The molecule has 0 saturated heterocycles. The van der Waals surface area contributed by atoms with Crippen LogP contribution in [0.1, 0.15) is 26.2 Å². The van der Waals surface area contributed by atoms with Crippen LogP contribution in [0.2, 0.25) is 0 Å². The number of aromatic nitrogens is 3. The Kier molecular flexibility index (Phi) is 3.24. The van der Waals surface area contributed by atoms with Crippen LogP contribution in [0.5, 0.6) is 0 Å². The molecule has 0 radical (unpaired) electrons. The van der Waals surface area contributed by atoms with Crippen LogP contribution in [-0.4, -0.2) is 20.9 Å². The molecule has 96 valence electrons. The third kappa shape index (κ3) is 2.23. The molecule has 2 heterocycles. The summed E-state index contributed by atoms with van der Waals surface area (Å²) in [6.07, 6.45) is 9.70. The molecule has 18 heavy (non-hydrogen) atoms. The van der Waals surface area contributed by atoms with Gasteiger partial charge in [0.05, 0.1) is 0 Å². The van der Waals surface area contributed by atoms with Gasteiger partial charge >= 0.3 is 0 Å². The Hall–Kier alpha value is -1.10. The maximum Gasteiger partial charge on any atom is 0.180 e. The number of nitrogens with zero attached hydrogens (tertiary/aromatic N) is 3.